The molecule has 0 fully saturated rings. The van der Waals surface area contributed by atoms with Crippen molar-refractivity contribution in [2.45, 2.75) is 41.0 Å². The van der Waals surface area contributed by atoms with Crippen LogP contribution in [0.2, 0.25) is 0 Å². The number of aryl methyl sites for hydroxylation is 3. The van der Waals surface area contributed by atoms with Gasteiger partial charge in [-0.1, -0.05) is 25.1 Å². The maximum absolute atomic E-state index is 8.60. The molecule has 2 aromatic rings. The van der Waals surface area contributed by atoms with Gasteiger partial charge in [0.15, 0.2) is 11.4 Å². The lowest BCUT2D eigenvalue weighted by molar-refractivity contribution is -1.92. The van der Waals surface area contributed by atoms with Crippen LogP contribution in [-0.2, 0) is 6.42 Å². The van der Waals surface area contributed by atoms with Crippen LogP contribution in [0.15, 0.2) is 30.3 Å². The molecule has 0 unspecified atom stereocenters. The number of halogens is 1. The lowest BCUT2D eigenvalue weighted by atomic mass is 10.0. The van der Waals surface area contributed by atoms with Gasteiger partial charge in [0, 0.05) is 37.1 Å². The van der Waals surface area contributed by atoms with Crippen LogP contribution in [0.4, 0.5) is 0 Å². The van der Waals surface area contributed by atoms with Crippen LogP contribution in [-0.4, -0.2) is 4.66 Å². The predicted molar refractivity (Wildman–Crippen MR) is 78.5 cm³/mol. The molecule has 0 aliphatic carbocycles. The number of rotatable bonds is 2. The summed E-state index contributed by atoms with van der Waals surface area (Å²) in [6, 6.07) is 10.9. The first-order chi connectivity index (χ1) is 10.6. The maximum atomic E-state index is 8.60. The van der Waals surface area contributed by atoms with Gasteiger partial charge in [-0.15, -0.1) is 0 Å². The third-order valence-electron chi connectivity index (χ3n) is 3.86. The summed E-state index contributed by atoms with van der Waals surface area (Å²) < 4.78 is 35.1. The molecule has 1 N–H and O–H groups in total. The Hall–Kier alpha value is -1.50. The van der Waals surface area contributed by atoms with E-state index >= 15 is 0 Å². The third-order valence-corrected chi connectivity index (χ3v) is 3.86. The highest BCUT2D eigenvalue weighted by Crippen LogP contribution is 2.16. The van der Waals surface area contributed by atoms with Crippen molar-refractivity contribution >= 4 is 0 Å². The minimum absolute atomic E-state index is 1.06. The molecule has 126 valence electrons. The smallest absolute Gasteiger partial charge is 0.183 e. The Bertz CT molecular complexity index is 675. The number of benzene rings is 1. The summed E-state index contributed by atoms with van der Waals surface area (Å²) in [6.45, 7) is 11.0. The summed E-state index contributed by atoms with van der Waals surface area (Å²) in [5, 5.41) is 0. The van der Waals surface area contributed by atoms with E-state index in [0.29, 0.717) is 0 Å². The summed E-state index contributed by atoms with van der Waals surface area (Å²) in [5.41, 5.74) is 8.11. The monoisotopic (exact) mass is 340 g/mol. The van der Waals surface area contributed by atoms with E-state index in [1.807, 2.05) is 0 Å². The molecule has 1 heterocycles. The van der Waals surface area contributed by atoms with E-state index < -0.39 is 10.2 Å². The minimum Gasteiger partial charge on any atom is -0.183 e. The summed E-state index contributed by atoms with van der Waals surface area (Å²) in [6.07, 6.45) is 1.06. The fraction of sp³-hybridized carbons (Fsp3) is 0.353. The second kappa shape index (κ2) is 7.86. The maximum Gasteiger partial charge on any atom is 0.214 e. The van der Waals surface area contributed by atoms with E-state index in [0.717, 1.165) is 6.42 Å². The van der Waals surface area contributed by atoms with Crippen LogP contribution in [0.5, 0.6) is 0 Å². The van der Waals surface area contributed by atoms with Crippen molar-refractivity contribution in [2.75, 3.05) is 0 Å². The zero-order valence-corrected chi connectivity index (χ0v) is 14.8. The summed E-state index contributed by atoms with van der Waals surface area (Å²) in [7, 11) is -4.69. The van der Waals surface area contributed by atoms with Crippen molar-refractivity contribution in [2.24, 2.45) is 0 Å². The summed E-state index contributed by atoms with van der Waals surface area (Å²) >= 11 is 0. The number of hydrogen-bond acceptors (Lipinski definition) is 4. The standard InChI is InChI=1S/C17H22N.ClHO4/c1-6-16-9-7-8-10-17(16)18-13(3)11-12(2)14(4)15(18)5;2-1(3,4)5/h7-11H,6H2,1-5H3;(H,2,3,4,5)/q+1;. The van der Waals surface area contributed by atoms with E-state index in [1.54, 1.807) is 0 Å². The van der Waals surface area contributed by atoms with Gasteiger partial charge in [0.1, 0.15) is 0 Å². The molecule has 0 aliphatic rings. The van der Waals surface area contributed by atoms with Crippen molar-refractivity contribution in [1.82, 2.24) is 0 Å². The van der Waals surface area contributed by atoms with Crippen LogP contribution >= 0.6 is 0 Å². The molecule has 5 nitrogen and oxygen atoms in total. The molecule has 6 heteroatoms. The van der Waals surface area contributed by atoms with Crippen molar-refractivity contribution in [1.29, 1.82) is 0 Å². The molecule has 23 heavy (non-hydrogen) atoms. The highest BCUT2D eigenvalue weighted by Gasteiger charge is 2.20. The van der Waals surface area contributed by atoms with Crippen molar-refractivity contribution < 1.29 is 33.4 Å². The molecule has 0 atom stereocenters. The Balaban J connectivity index is 0.000000463. The zero-order chi connectivity index (χ0) is 17.8. The lowest BCUT2D eigenvalue weighted by Crippen LogP contribution is -2.58. The first kappa shape index (κ1) is 19.5. The second-order valence-electron chi connectivity index (χ2n) is 5.39. The number of pyridine rings is 1. The number of nitrogens with zero attached hydrogens (tertiary/aromatic N) is 1. The molecule has 0 amide bonds. The van der Waals surface area contributed by atoms with Gasteiger partial charge in [0.2, 0.25) is 5.69 Å². The molecule has 1 aromatic carbocycles. The fourth-order valence-electron chi connectivity index (χ4n) is 2.60. The molecule has 1 aromatic heterocycles. The predicted octanol–water partition coefficient (Wildman–Crippen LogP) is -0.365. The van der Waals surface area contributed by atoms with E-state index in [1.165, 1.54) is 33.8 Å². The van der Waals surface area contributed by atoms with E-state index in [4.69, 9.17) is 18.6 Å². The third kappa shape index (κ3) is 5.57. The van der Waals surface area contributed by atoms with E-state index in [-0.39, 0.29) is 0 Å². The quantitative estimate of drug-likeness (QED) is 0.755. The number of para-hydroxylation sites is 1. The van der Waals surface area contributed by atoms with Gasteiger partial charge in [-0.2, -0.15) is 18.5 Å². The molecule has 0 saturated carbocycles. The molecule has 0 radical (unpaired) electrons. The molecule has 0 saturated heterocycles. The van der Waals surface area contributed by atoms with Gasteiger partial charge in [-0.25, -0.2) is 0 Å². The van der Waals surface area contributed by atoms with Gasteiger partial charge < -0.3 is 0 Å². The van der Waals surface area contributed by atoms with Crippen molar-refractivity contribution in [3.05, 3.63) is 58.4 Å². The average Bonchev–Trinajstić information content (AvgIpc) is 2.44. The molecule has 0 aliphatic heterocycles. The topological polar surface area (TPSA) is 93.3 Å². The first-order valence-electron chi connectivity index (χ1n) is 7.27. The van der Waals surface area contributed by atoms with Crippen LogP contribution < -0.4 is 18.5 Å². The minimum atomic E-state index is -4.69. The van der Waals surface area contributed by atoms with E-state index in [2.05, 4.69) is 69.5 Å². The van der Waals surface area contributed by atoms with Crippen LogP contribution in [0.1, 0.15) is 35.0 Å². The Morgan fingerprint density at radius 3 is 2.09 bits per heavy atom. The zero-order valence-electron chi connectivity index (χ0n) is 14.1. The number of aromatic nitrogens is 1. The van der Waals surface area contributed by atoms with Crippen molar-refractivity contribution in [3.63, 3.8) is 0 Å². The molecule has 0 bridgehead atoms. The first-order valence-corrected chi connectivity index (χ1v) is 8.53. The Labute approximate surface area is 139 Å². The molecular weight excluding hydrogens is 318 g/mol. The summed E-state index contributed by atoms with van der Waals surface area (Å²) in [5.74, 6) is 0. The molecular formula is C17H23ClNO4+. The van der Waals surface area contributed by atoms with Gasteiger partial charge in [-0.3, -0.25) is 0 Å². The highest BCUT2D eigenvalue weighted by molar-refractivity contribution is 5.36. The molecule has 2 rings (SSSR count). The Morgan fingerprint density at radius 2 is 1.57 bits per heavy atom. The normalized spacial score (nSPS) is 11.0. The Morgan fingerprint density at radius 1 is 1.04 bits per heavy atom. The SMILES string of the molecule is CCc1ccccc1-[n+]1c(C)cc(C)c(C)c1C.[O-][Cl+3]([O-])([O-])O. The van der Waals surface area contributed by atoms with Crippen LogP contribution in [0.25, 0.3) is 5.69 Å². The van der Waals surface area contributed by atoms with Gasteiger partial charge in [-0.05, 0) is 25.8 Å². The molecule has 0 spiro atoms. The van der Waals surface area contributed by atoms with Crippen molar-refractivity contribution in [3.8, 4) is 5.69 Å². The van der Waals surface area contributed by atoms with Crippen LogP contribution in [0, 0.1) is 37.9 Å². The number of hydrogen-bond donors (Lipinski definition) is 1. The van der Waals surface area contributed by atoms with E-state index in [9.17, 15) is 0 Å². The highest BCUT2D eigenvalue weighted by atomic mass is 35.7. The second-order valence-corrected chi connectivity index (χ2v) is 6.18. The fourth-order valence-corrected chi connectivity index (χ4v) is 2.60. The lowest BCUT2D eigenvalue weighted by Gasteiger charge is -2.10. The van der Waals surface area contributed by atoms with Gasteiger partial charge in [0.05, 0.1) is 14.9 Å². The Kier molecular flexibility index (Phi) is 6.68. The van der Waals surface area contributed by atoms with Gasteiger partial charge in [0.25, 0.3) is 0 Å². The summed E-state index contributed by atoms with van der Waals surface area (Å²) in [4.78, 5) is 0. The average molecular weight is 341 g/mol. The largest absolute Gasteiger partial charge is 0.214 e. The van der Waals surface area contributed by atoms with Gasteiger partial charge >= 0.3 is 0 Å². The van der Waals surface area contributed by atoms with Crippen LogP contribution in [0.3, 0.4) is 0 Å².